The fraction of sp³-hybridized carbons (Fsp3) is 0.0909. The summed E-state index contributed by atoms with van der Waals surface area (Å²) in [7, 11) is 0. The summed E-state index contributed by atoms with van der Waals surface area (Å²) >= 11 is 0. The third kappa shape index (κ3) is 2.86. The Kier molecular flexibility index (Phi) is 3.99. The van der Waals surface area contributed by atoms with Crippen molar-refractivity contribution in [3.63, 3.8) is 0 Å². The van der Waals surface area contributed by atoms with Crippen molar-refractivity contribution in [3.05, 3.63) is 87.5 Å². The quantitative estimate of drug-likeness (QED) is 0.507. The first-order chi connectivity index (χ1) is 14.5. The highest BCUT2D eigenvalue weighted by Gasteiger charge is 2.31. The second-order valence-corrected chi connectivity index (χ2v) is 7.02. The largest absolute Gasteiger partial charge is 0.441 e. The molecular formula is C22H16N4O4. The summed E-state index contributed by atoms with van der Waals surface area (Å²) in [6.07, 6.45) is 1.43. The third-order valence-corrected chi connectivity index (χ3v) is 5.10. The van der Waals surface area contributed by atoms with Crippen molar-refractivity contribution in [2.45, 2.75) is 12.8 Å². The summed E-state index contributed by atoms with van der Waals surface area (Å²) in [5, 5.41) is 2.15. The number of aromatic nitrogens is 2. The number of aryl methyl sites for hydroxylation is 2. The Morgan fingerprint density at radius 1 is 0.967 bits per heavy atom. The van der Waals surface area contributed by atoms with E-state index >= 15 is 0 Å². The minimum atomic E-state index is -0.624. The number of nitrogens with one attached hydrogen (secondary N) is 1. The highest BCUT2D eigenvalue weighted by Crippen LogP contribution is 2.25. The van der Waals surface area contributed by atoms with Gasteiger partial charge >= 0.3 is 0 Å². The molecule has 8 heteroatoms. The molecule has 0 fully saturated rings. The molecule has 3 N–H and O–H groups in total. The molecule has 0 spiro atoms. The minimum absolute atomic E-state index is 0.00315. The van der Waals surface area contributed by atoms with Gasteiger partial charge in [0.05, 0.1) is 16.8 Å². The Morgan fingerprint density at radius 2 is 1.77 bits per heavy atom. The lowest BCUT2D eigenvalue weighted by Gasteiger charge is -2.11. The number of nitrogens with zero attached hydrogens (tertiary/aromatic N) is 2. The molecule has 30 heavy (non-hydrogen) atoms. The van der Waals surface area contributed by atoms with Crippen molar-refractivity contribution < 1.29 is 14.0 Å². The molecule has 0 unspecified atom stereocenters. The summed E-state index contributed by atoms with van der Waals surface area (Å²) in [6, 6.07) is 16.2. The number of nitrogens with two attached hydrogens (primary N) is 1. The van der Waals surface area contributed by atoms with E-state index in [1.165, 1.54) is 10.1 Å². The zero-order valence-electron chi connectivity index (χ0n) is 15.7. The molecule has 0 bridgehead atoms. The van der Waals surface area contributed by atoms with E-state index in [-0.39, 0.29) is 16.9 Å². The van der Waals surface area contributed by atoms with Crippen molar-refractivity contribution in [2.24, 2.45) is 0 Å². The van der Waals surface area contributed by atoms with E-state index in [1.807, 2.05) is 30.3 Å². The molecular weight excluding hydrogens is 384 g/mol. The van der Waals surface area contributed by atoms with Crippen molar-refractivity contribution in [2.75, 3.05) is 5.73 Å². The van der Waals surface area contributed by atoms with Crippen molar-refractivity contribution in [1.82, 2.24) is 14.9 Å². The summed E-state index contributed by atoms with van der Waals surface area (Å²) in [6.45, 7) is 0. The van der Waals surface area contributed by atoms with E-state index in [0.717, 1.165) is 12.5 Å². The molecule has 1 aliphatic rings. The standard InChI is InChI=1S/C22H16N4O4/c23-20-19-14(21(28)25-22(19)29)11-18(27)26(20)13-7-8-16-15(10-13)24-17(30-16)9-6-12-4-2-1-3-5-12/h1-5,7-8,10-11H,6,9,23H2,(H,25,28,29). The van der Waals surface area contributed by atoms with Gasteiger partial charge in [0.15, 0.2) is 11.5 Å². The van der Waals surface area contributed by atoms with E-state index in [2.05, 4.69) is 10.3 Å². The maximum Gasteiger partial charge on any atom is 0.262 e. The number of pyridine rings is 1. The van der Waals surface area contributed by atoms with Crippen LogP contribution in [0.25, 0.3) is 16.8 Å². The first-order valence-corrected chi connectivity index (χ1v) is 9.36. The number of hydrogen-bond acceptors (Lipinski definition) is 6. The third-order valence-electron chi connectivity index (χ3n) is 5.10. The van der Waals surface area contributed by atoms with Gasteiger partial charge in [0.2, 0.25) is 0 Å². The van der Waals surface area contributed by atoms with Crippen LogP contribution >= 0.6 is 0 Å². The molecule has 0 saturated carbocycles. The molecule has 0 aliphatic carbocycles. The van der Waals surface area contributed by atoms with E-state index in [1.54, 1.807) is 18.2 Å². The van der Waals surface area contributed by atoms with Gasteiger partial charge in [-0.25, -0.2) is 4.98 Å². The SMILES string of the molecule is Nc1c2c(cc(=O)n1-c1ccc3oc(CCc4ccccc4)nc3c1)C(=O)NC2=O. The van der Waals surface area contributed by atoms with Crippen LogP contribution in [0.15, 0.2) is 63.8 Å². The fourth-order valence-corrected chi connectivity index (χ4v) is 3.65. The zero-order chi connectivity index (χ0) is 20.8. The highest BCUT2D eigenvalue weighted by molar-refractivity contribution is 6.23. The van der Waals surface area contributed by atoms with Gasteiger partial charge in [0.25, 0.3) is 17.4 Å². The smallest absolute Gasteiger partial charge is 0.262 e. The molecule has 2 aromatic carbocycles. The first kappa shape index (κ1) is 17.9. The van der Waals surface area contributed by atoms with Crippen LogP contribution < -0.4 is 16.6 Å². The lowest BCUT2D eigenvalue weighted by atomic mass is 10.1. The Morgan fingerprint density at radius 3 is 2.57 bits per heavy atom. The normalized spacial score (nSPS) is 12.9. The van der Waals surface area contributed by atoms with Crippen molar-refractivity contribution in [3.8, 4) is 5.69 Å². The Bertz CT molecular complexity index is 1390. The van der Waals surface area contributed by atoms with Gasteiger partial charge in [-0.05, 0) is 30.2 Å². The number of rotatable bonds is 4. The molecule has 3 heterocycles. The maximum absolute atomic E-state index is 12.6. The molecule has 2 amide bonds. The van der Waals surface area contributed by atoms with Crippen LogP contribution in [-0.2, 0) is 12.8 Å². The maximum atomic E-state index is 12.6. The van der Waals surface area contributed by atoms with Crippen LogP contribution in [0.4, 0.5) is 5.82 Å². The number of fused-ring (bicyclic) bond motifs is 2. The number of anilines is 1. The molecule has 8 nitrogen and oxygen atoms in total. The number of imide groups is 1. The van der Waals surface area contributed by atoms with Gasteiger partial charge in [-0.3, -0.25) is 24.3 Å². The summed E-state index contributed by atoms with van der Waals surface area (Å²) in [5.74, 6) is -0.744. The summed E-state index contributed by atoms with van der Waals surface area (Å²) in [5.41, 5.74) is 8.35. The lowest BCUT2D eigenvalue weighted by Crippen LogP contribution is -2.24. The van der Waals surface area contributed by atoms with Gasteiger partial charge in [0.1, 0.15) is 11.3 Å². The minimum Gasteiger partial charge on any atom is -0.441 e. The number of nitrogen functional groups attached to an aromatic ring is 1. The van der Waals surface area contributed by atoms with Gasteiger partial charge in [-0.1, -0.05) is 30.3 Å². The van der Waals surface area contributed by atoms with E-state index < -0.39 is 17.4 Å². The monoisotopic (exact) mass is 400 g/mol. The van der Waals surface area contributed by atoms with Crippen molar-refractivity contribution >= 4 is 28.7 Å². The highest BCUT2D eigenvalue weighted by atomic mass is 16.3. The van der Waals surface area contributed by atoms with Crippen LogP contribution in [0.2, 0.25) is 0 Å². The van der Waals surface area contributed by atoms with Gasteiger partial charge in [0, 0.05) is 12.5 Å². The van der Waals surface area contributed by atoms with Crippen LogP contribution in [-0.4, -0.2) is 21.4 Å². The molecule has 1 aliphatic heterocycles. The molecule has 0 radical (unpaired) electrons. The van der Waals surface area contributed by atoms with Crippen LogP contribution in [0.1, 0.15) is 32.2 Å². The number of hydrogen-bond donors (Lipinski definition) is 2. The number of carbonyl (C=O) groups excluding carboxylic acids is 2. The molecule has 0 saturated heterocycles. The average Bonchev–Trinajstić information content (AvgIpc) is 3.27. The molecule has 4 aromatic rings. The zero-order valence-corrected chi connectivity index (χ0v) is 15.7. The predicted molar refractivity (Wildman–Crippen MR) is 110 cm³/mol. The average molecular weight is 400 g/mol. The van der Waals surface area contributed by atoms with E-state index in [9.17, 15) is 14.4 Å². The second kappa shape index (κ2) is 6.70. The van der Waals surface area contributed by atoms with E-state index in [0.29, 0.717) is 29.1 Å². The Hall–Kier alpha value is -4.20. The lowest BCUT2D eigenvalue weighted by molar-refractivity contribution is 0.0880. The van der Waals surface area contributed by atoms with Crippen LogP contribution in [0, 0.1) is 0 Å². The number of benzene rings is 2. The van der Waals surface area contributed by atoms with Gasteiger partial charge < -0.3 is 10.2 Å². The van der Waals surface area contributed by atoms with Crippen molar-refractivity contribution in [1.29, 1.82) is 0 Å². The Labute approximate surface area is 169 Å². The Balaban J connectivity index is 1.52. The number of amides is 2. The van der Waals surface area contributed by atoms with Gasteiger partial charge in [-0.15, -0.1) is 0 Å². The number of carbonyl (C=O) groups is 2. The molecule has 5 rings (SSSR count). The molecule has 2 aromatic heterocycles. The fourth-order valence-electron chi connectivity index (χ4n) is 3.65. The molecule has 148 valence electrons. The summed E-state index contributed by atoms with van der Waals surface area (Å²) in [4.78, 5) is 41.0. The topological polar surface area (TPSA) is 120 Å². The molecule has 0 atom stereocenters. The summed E-state index contributed by atoms with van der Waals surface area (Å²) < 4.78 is 7.00. The van der Waals surface area contributed by atoms with E-state index in [4.69, 9.17) is 10.2 Å². The first-order valence-electron chi connectivity index (χ1n) is 9.36. The predicted octanol–water partition coefficient (Wildman–Crippen LogP) is 2.23. The second-order valence-electron chi connectivity index (χ2n) is 7.02. The van der Waals surface area contributed by atoms with Crippen LogP contribution in [0.5, 0.6) is 0 Å². The number of oxazole rings is 1. The van der Waals surface area contributed by atoms with Crippen LogP contribution in [0.3, 0.4) is 0 Å². The van der Waals surface area contributed by atoms with Gasteiger partial charge in [-0.2, -0.15) is 0 Å².